The highest BCUT2D eigenvalue weighted by Crippen LogP contribution is 2.48. The van der Waals surface area contributed by atoms with E-state index in [9.17, 15) is 4.79 Å². The monoisotopic (exact) mass is 338 g/mol. The second kappa shape index (κ2) is 7.38. The third-order valence-electron chi connectivity index (χ3n) is 4.44. The van der Waals surface area contributed by atoms with Crippen LogP contribution in [0.2, 0.25) is 0 Å². The van der Waals surface area contributed by atoms with Gasteiger partial charge >= 0.3 is 0 Å². The quantitative estimate of drug-likeness (QED) is 0.600. The molecule has 0 aromatic heterocycles. The van der Waals surface area contributed by atoms with E-state index in [4.69, 9.17) is 9.47 Å². The van der Waals surface area contributed by atoms with Crippen molar-refractivity contribution < 1.29 is 14.3 Å². The molecule has 0 unspecified atom stereocenters. The van der Waals surface area contributed by atoms with Gasteiger partial charge in [-0.05, 0) is 41.7 Å². The molecule has 1 amide bonds. The molecule has 2 aromatic rings. The minimum Gasteiger partial charge on any atom is -0.493 e. The van der Waals surface area contributed by atoms with Crippen LogP contribution in [0, 0.1) is 5.92 Å². The molecule has 130 valence electrons. The fraction of sp³-hybridized carbons (Fsp3) is 0.300. The Hall–Kier alpha value is -2.82. The Bertz CT molecular complexity index is 774. The van der Waals surface area contributed by atoms with Gasteiger partial charge in [0.1, 0.15) is 0 Å². The van der Waals surface area contributed by atoms with Crippen LogP contribution in [0.15, 0.2) is 53.6 Å². The topological polar surface area (TPSA) is 51.1 Å². The lowest BCUT2D eigenvalue weighted by molar-refractivity contribution is -0.131. The van der Waals surface area contributed by atoms with Crippen LogP contribution in [0.4, 0.5) is 0 Å². The Morgan fingerprint density at radius 3 is 2.52 bits per heavy atom. The summed E-state index contributed by atoms with van der Waals surface area (Å²) in [6.45, 7) is 0. The average molecular weight is 338 g/mol. The maximum Gasteiger partial charge on any atom is 0.246 e. The van der Waals surface area contributed by atoms with Crippen LogP contribution in [0.5, 0.6) is 11.5 Å². The summed E-state index contributed by atoms with van der Waals surface area (Å²) in [5.74, 6) is 1.67. The molecule has 0 spiro atoms. The normalized spacial score (nSPS) is 18.8. The van der Waals surface area contributed by atoms with Crippen molar-refractivity contribution in [1.82, 2.24) is 5.01 Å². The first-order valence-electron chi connectivity index (χ1n) is 8.22. The van der Waals surface area contributed by atoms with Gasteiger partial charge in [-0.1, -0.05) is 30.3 Å². The zero-order valence-corrected chi connectivity index (χ0v) is 14.7. The van der Waals surface area contributed by atoms with Crippen molar-refractivity contribution in [2.24, 2.45) is 11.0 Å². The molecule has 5 heteroatoms. The van der Waals surface area contributed by atoms with Gasteiger partial charge in [-0.3, -0.25) is 4.79 Å². The Morgan fingerprint density at radius 1 is 1.12 bits per heavy atom. The van der Waals surface area contributed by atoms with Gasteiger partial charge in [0, 0.05) is 13.0 Å². The summed E-state index contributed by atoms with van der Waals surface area (Å²) < 4.78 is 10.5. The minimum atomic E-state index is 0.0231. The van der Waals surface area contributed by atoms with Crippen molar-refractivity contribution in [2.75, 3.05) is 21.3 Å². The Kier molecular flexibility index (Phi) is 5.03. The van der Waals surface area contributed by atoms with Crippen molar-refractivity contribution in [3.63, 3.8) is 0 Å². The van der Waals surface area contributed by atoms with E-state index in [0.29, 0.717) is 17.4 Å². The highest BCUT2D eigenvalue weighted by Gasteiger charge is 2.45. The minimum absolute atomic E-state index is 0.0231. The molecule has 1 saturated carbocycles. The molecule has 2 atom stereocenters. The molecule has 0 N–H and O–H groups in total. The molecular weight excluding hydrogens is 316 g/mol. The molecule has 3 rings (SSSR count). The lowest BCUT2D eigenvalue weighted by Gasteiger charge is -2.11. The van der Waals surface area contributed by atoms with E-state index < -0.39 is 0 Å². The summed E-state index contributed by atoms with van der Waals surface area (Å²) in [4.78, 5) is 12.5. The molecule has 0 radical (unpaired) electrons. The molecule has 1 aliphatic carbocycles. The summed E-state index contributed by atoms with van der Waals surface area (Å²) in [5.41, 5.74) is 2.06. The maximum atomic E-state index is 12.5. The van der Waals surface area contributed by atoms with Crippen LogP contribution in [0.3, 0.4) is 0 Å². The van der Waals surface area contributed by atoms with E-state index in [0.717, 1.165) is 12.0 Å². The average Bonchev–Trinajstić information content (AvgIpc) is 3.46. The Morgan fingerprint density at radius 2 is 1.84 bits per heavy atom. The number of benzene rings is 2. The van der Waals surface area contributed by atoms with Crippen LogP contribution in [0.1, 0.15) is 23.5 Å². The molecule has 1 aliphatic rings. The summed E-state index contributed by atoms with van der Waals surface area (Å²) in [7, 11) is 4.88. The molecule has 0 bridgehead atoms. The van der Waals surface area contributed by atoms with Crippen molar-refractivity contribution in [3.8, 4) is 11.5 Å². The number of carbonyl (C=O) groups excluding carboxylic acids is 1. The van der Waals surface area contributed by atoms with Crippen molar-refractivity contribution >= 4 is 12.1 Å². The number of amides is 1. The van der Waals surface area contributed by atoms with Gasteiger partial charge in [-0.25, -0.2) is 5.01 Å². The summed E-state index contributed by atoms with van der Waals surface area (Å²) in [6.07, 6.45) is 2.54. The summed E-state index contributed by atoms with van der Waals surface area (Å²) in [6, 6.07) is 15.7. The van der Waals surface area contributed by atoms with Gasteiger partial charge in [0.05, 0.1) is 20.4 Å². The number of hydrazone groups is 1. The van der Waals surface area contributed by atoms with Crippen LogP contribution in [-0.4, -0.2) is 38.4 Å². The molecular formula is C20H22N2O3. The first-order valence-corrected chi connectivity index (χ1v) is 8.22. The molecule has 0 heterocycles. The third-order valence-corrected chi connectivity index (χ3v) is 4.44. The van der Waals surface area contributed by atoms with Gasteiger partial charge in [0.15, 0.2) is 11.5 Å². The van der Waals surface area contributed by atoms with Crippen molar-refractivity contribution in [2.45, 2.75) is 12.3 Å². The van der Waals surface area contributed by atoms with Crippen molar-refractivity contribution in [1.29, 1.82) is 0 Å². The lowest BCUT2D eigenvalue weighted by Crippen LogP contribution is -2.23. The van der Waals surface area contributed by atoms with Gasteiger partial charge in [-0.15, -0.1) is 0 Å². The number of rotatable bonds is 6. The fourth-order valence-corrected chi connectivity index (χ4v) is 2.92. The zero-order valence-electron chi connectivity index (χ0n) is 14.7. The van der Waals surface area contributed by atoms with Crippen LogP contribution < -0.4 is 9.47 Å². The molecule has 0 aliphatic heterocycles. The van der Waals surface area contributed by atoms with E-state index in [-0.39, 0.29) is 11.8 Å². The van der Waals surface area contributed by atoms with E-state index >= 15 is 0 Å². The number of ether oxygens (including phenoxy) is 2. The molecule has 25 heavy (non-hydrogen) atoms. The van der Waals surface area contributed by atoms with E-state index in [2.05, 4.69) is 17.2 Å². The van der Waals surface area contributed by atoms with Gasteiger partial charge in [-0.2, -0.15) is 5.10 Å². The van der Waals surface area contributed by atoms with Gasteiger partial charge < -0.3 is 9.47 Å². The van der Waals surface area contributed by atoms with Gasteiger partial charge in [0.2, 0.25) is 5.91 Å². The second-order valence-electron chi connectivity index (χ2n) is 6.08. The summed E-state index contributed by atoms with van der Waals surface area (Å²) >= 11 is 0. The van der Waals surface area contributed by atoms with Gasteiger partial charge in [0.25, 0.3) is 0 Å². The Labute approximate surface area is 147 Å². The number of nitrogens with zero attached hydrogens (tertiary/aromatic N) is 2. The van der Waals surface area contributed by atoms with Crippen LogP contribution >= 0.6 is 0 Å². The SMILES string of the molecule is COc1ccc(C=NN(C)C(=O)[C@@H]2C[C@H]2c2ccccc2)cc1OC. The van der Waals surface area contributed by atoms with Crippen molar-refractivity contribution in [3.05, 3.63) is 59.7 Å². The first kappa shape index (κ1) is 17.0. The number of carbonyl (C=O) groups is 1. The number of hydrogen-bond acceptors (Lipinski definition) is 4. The molecule has 2 aromatic carbocycles. The predicted molar refractivity (Wildman–Crippen MR) is 97.2 cm³/mol. The lowest BCUT2D eigenvalue weighted by atomic mass is 10.1. The smallest absolute Gasteiger partial charge is 0.246 e. The molecule has 5 nitrogen and oxygen atoms in total. The molecule has 0 saturated heterocycles. The maximum absolute atomic E-state index is 12.5. The molecule has 1 fully saturated rings. The third kappa shape index (κ3) is 3.82. The number of hydrogen-bond donors (Lipinski definition) is 0. The summed E-state index contributed by atoms with van der Waals surface area (Å²) in [5, 5.41) is 5.70. The Balaban J connectivity index is 1.63. The fourth-order valence-electron chi connectivity index (χ4n) is 2.92. The highest BCUT2D eigenvalue weighted by molar-refractivity contribution is 5.86. The second-order valence-corrected chi connectivity index (χ2v) is 6.08. The first-order chi connectivity index (χ1) is 12.1. The van der Waals surface area contributed by atoms with Crippen LogP contribution in [-0.2, 0) is 4.79 Å². The van der Waals surface area contributed by atoms with E-state index in [1.165, 1.54) is 10.6 Å². The number of methoxy groups -OCH3 is 2. The van der Waals surface area contributed by atoms with E-state index in [1.807, 2.05) is 36.4 Å². The predicted octanol–water partition coefficient (Wildman–Crippen LogP) is 3.30. The largest absolute Gasteiger partial charge is 0.493 e. The zero-order chi connectivity index (χ0) is 17.8. The standard InChI is InChI=1S/C20H22N2O3/c1-22(20(23)17-12-16(17)15-7-5-4-6-8-15)21-13-14-9-10-18(24-2)19(11-14)25-3/h4-11,13,16-17H,12H2,1-3H3/t16-,17+/m0/s1. The van der Waals surface area contributed by atoms with Crippen LogP contribution in [0.25, 0.3) is 0 Å². The highest BCUT2D eigenvalue weighted by atomic mass is 16.5. The van der Waals surface area contributed by atoms with E-state index in [1.54, 1.807) is 27.5 Å².